The molecule has 1 saturated heterocycles. The average molecular weight is 300 g/mol. The van der Waals surface area contributed by atoms with E-state index in [1.54, 1.807) is 34.6 Å². The second-order valence-electron chi connectivity index (χ2n) is 4.85. The van der Waals surface area contributed by atoms with E-state index in [-0.39, 0.29) is 6.04 Å². The Morgan fingerprint density at radius 2 is 1.95 bits per heavy atom. The van der Waals surface area contributed by atoms with Gasteiger partial charge in [0.15, 0.2) is 0 Å². The molecular weight excluding hydrogens is 282 g/mol. The van der Waals surface area contributed by atoms with Gasteiger partial charge in [-0.1, -0.05) is 30.2 Å². The number of hydrogen-bond donors (Lipinski definition) is 0. The lowest BCUT2D eigenvalue weighted by Crippen LogP contribution is -2.40. The molecule has 104 valence electrons. The van der Waals surface area contributed by atoms with Crippen LogP contribution in [-0.4, -0.2) is 25.3 Å². The largest absolute Gasteiger partial charge is 0.236 e. The summed E-state index contributed by atoms with van der Waals surface area (Å²) in [7, 11) is -3.32. The minimum atomic E-state index is -3.32. The van der Waals surface area contributed by atoms with Gasteiger partial charge >= 0.3 is 0 Å². The molecule has 1 heterocycles. The number of piperidine rings is 1. The van der Waals surface area contributed by atoms with Gasteiger partial charge in [0.25, 0.3) is 0 Å². The molecule has 1 atom stereocenters. The Kier molecular flexibility index (Phi) is 4.66. The fourth-order valence-corrected chi connectivity index (χ4v) is 3.87. The van der Waals surface area contributed by atoms with Gasteiger partial charge in [-0.3, -0.25) is 0 Å². The van der Waals surface area contributed by atoms with E-state index in [9.17, 15) is 8.42 Å². The summed E-state index contributed by atoms with van der Waals surface area (Å²) in [6, 6.07) is 7.19. The van der Waals surface area contributed by atoms with Crippen molar-refractivity contribution in [3.05, 3.63) is 40.3 Å². The molecule has 0 amide bonds. The molecule has 1 aliphatic heterocycles. The second-order valence-corrected chi connectivity index (χ2v) is 7.06. The van der Waals surface area contributed by atoms with Crippen molar-refractivity contribution in [2.45, 2.75) is 32.2 Å². The van der Waals surface area contributed by atoms with Gasteiger partial charge in [0.05, 0.1) is 0 Å². The van der Waals surface area contributed by atoms with E-state index in [1.165, 1.54) is 5.41 Å². The Labute approximate surface area is 119 Å². The van der Waals surface area contributed by atoms with Gasteiger partial charge in [-0.05, 0) is 43.5 Å². The maximum Gasteiger partial charge on any atom is 0.236 e. The summed E-state index contributed by atoms with van der Waals surface area (Å²) in [6.45, 7) is 2.58. The molecule has 0 radical (unpaired) electrons. The molecule has 1 unspecified atom stereocenters. The van der Waals surface area contributed by atoms with Gasteiger partial charge in [-0.15, -0.1) is 0 Å². The Morgan fingerprint density at radius 1 is 1.26 bits per heavy atom. The van der Waals surface area contributed by atoms with Gasteiger partial charge in [-0.2, -0.15) is 4.31 Å². The minimum Gasteiger partial charge on any atom is -0.207 e. The molecule has 1 aromatic rings. The smallest absolute Gasteiger partial charge is 0.207 e. The Bertz CT molecular complexity index is 551. The highest BCUT2D eigenvalue weighted by atomic mass is 35.5. The third-order valence-electron chi connectivity index (χ3n) is 3.37. The predicted octanol–water partition coefficient (Wildman–Crippen LogP) is 3.51. The summed E-state index contributed by atoms with van der Waals surface area (Å²) < 4.78 is 26.1. The van der Waals surface area contributed by atoms with Crippen LogP contribution in [0, 0.1) is 0 Å². The Morgan fingerprint density at radius 3 is 2.58 bits per heavy atom. The molecule has 0 N–H and O–H groups in total. The van der Waals surface area contributed by atoms with E-state index < -0.39 is 10.0 Å². The Balaban J connectivity index is 2.14. The third-order valence-corrected chi connectivity index (χ3v) is 5.30. The van der Waals surface area contributed by atoms with Gasteiger partial charge in [0.2, 0.25) is 10.0 Å². The van der Waals surface area contributed by atoms with Crippen molar-refractivity contribution >= 4 is 27.7 Å². The van der Waals surface area contributed by atoms with Gasteiger partial charge in [0, 0.05) is 23.0 Å². The van der Waals surface area contributed by atoms with Crippen LogP contribution in [-0.2, 0) is 10.0 Å². The molecule has 5 heteroatoms. The van der Waals surface area contributed by atoms with Crippen LogP contribution in [0.5, 0.6) is 0 Å². The molecule has 0 aliphatic carbocycles. The molecule has 1 aliphatic rings. The Hall–Kier alpha value is -0.840. The molecule has 2 rings (SSSR count). The SMILES string of the molecule is CC1CCCCN1S(=O)(=O)/C=C/c1ccc(Cl)cc1. The average Bonchev–Trinajstić information content (AvgIpc) is 2.38. The van der Waals surface area contributed by atoms with Crippen molar-refractivity contribution in [3.8, 4) is 0 Å². The topological polar surface area (TPSA) is 37.4 Å². The summed E-state index contributed by atoms with van der Waals surface area (Å²) in [4.78, 5) is 0. The first-order valence-corrected chi connectivity index (χ1v) is 8.33. The molecular formula is C14H18ClNO2S. The summed E-state index contributed by atoms with van der Waals surface area (Å²) in [5.74, 6) is 0. The van der Waals surface area contributed by atoms with Crippen LogP contribution < -0.4 is 0 Å². The van der Waals surface area contributed by atoms with Crippen molar-refractivity contribution < 1.29 is 8.42 Å². The fraction of sp³-hybridized carbons (Fsp3) is 0.429. The van der Waals surface area contributed by atoms with E-state index in [1.807, 2.05) is 6.92 Å². The zero-order valence-corrected chi connectivity index (χ0v) is 12.5. The van der Waals surface area contributed by atoms with E-state index in [0.717, 1.165) is 24.8 Å². The highest BCUT2D eigenvalue weighted by Gasteiger charge is 2.27. The summed E-state index contributed by atoms with van der Waals surface area (Å²) >= 11 is 5.79. The van der Waals surface area contributed by atoms with Crippen molar-refractivity contribution in [2.75, 3.05) is 6.54 Å². The molecule has 0 spiro atoms. The summed E-state index contributed by atoms with van der Waals surface area (Å²) in [5, 5.41) is 1.93. The fourth-order valence-electron chi connectivity index (χ4n) is 2.27. The van der Waals surface area contributed by atoms with Gasteiger partial charge in [-0.25, -0.2) is 8.42 Å². The number of rotatable bonds is 3. The van der Waals surface area contributed by atoms with E-state index in [0.29, 0.717) is 11.6 Å². The van der Waals surface area contributed by atoms with Crippen LogP contribution in [0.25, 0.3) is 6.08 Å². The molecule has 3 nitrogen and oxygen atoms in total. The van der Waals surface area contributed by atoms with Gasteiger partial charge < -0.3 is 0 Å². The maximum absolute atomic E-state index is 12.2. The second kappa shape index (κ2) is 6.07. The monoisotopic (exact) mass is 299 g/mol. The van der Waals surface area contributed by atoms with E-state index in [2.05, 4.69) is 0 Å². The highest BCUT2D eigenvalue weighted by molar-refractivity contribution is 7.92. The normalized spacial score (nSPS) is 21.9. The maximum atomic E-state index is 12.2. The van der Waals surface area contributed by atoms with Crippen LogP contribution in [0.3, 0.4) is 0 Å². The third kappa shape index (κ3) is 3.81. The standard InChI is InChI=1S/C14H18ClNO2S/c1-12-4-2-3-10-16(12)19(17,18)11-9-13-5-7-14(15)8-6-13/h5-9,11-12H,2-4,10H2,1H3/b11-9+. The van der Waals surface area contributed by atoms with Crippen molar-refractivity contribution in [1.29, 1.82) is 0 Å². The van der Waals surface area contributed by atoms with Crippen molar-refractivity contribution in [3.63, 3.8) is 0 Å². The summed E-state index contributed by atoms with van der Waals surface area (Å²) in [6.07, 6.45) is 4.60. The lowest BCUT2D eigenvalue weighted by molar-refractivity contribution is 0.271. The van der Waals surface area contributed by atoms with E-state index in [4.69, 9.17) is 11.6 Å². The van der Waals surface area contributed by atoms with E-state index >= 15 is 0 Å². The first-order valence-electron chi connectivity index (χ1n) is 6.44. The molecule has 19 heavy (non-hydrogen) atoms. The zero-order valence-electron chi connectivity index (χ0n) is 10.9. The molecule has 0 aromatic heterocycles. The first-order chi connectivity index (χ1) is 8.99. The zero-order chi connectivity index (χ0) is 13.9. The number of halogens is 1. The van der Waals surface area contributed by atoms with Gasteiger partial charge in [0.1, 0.15) is 0 Å². The van der Waals surface area contributed by atoms with Crippen LogP contribution in [0.2, 0.25) is 5.02 Å². The molecule has 1 aromatic carbocycles. The number of hydrogen-bond acceptors (Lipinski definition) is 2. The van der Waals surface area contributed by atoms with Crippen LogP contribution in [0.4, 0.5) is 0 Å². The number of nitrogens with zero attached hydrogens (tertiary/aromatic N) is 1. The molecule has 0 bridgehead atoms. The number of sulfonamides is 1. The lowest BCUT2D eigenvalue weighted by atomic mass is 10.1. The quantitative estimate of drug-likeness (QED) is 0.856. The number of benzene rings is 1. The molecule has 1 fully saturated rings. The summed E-state index contributed by atoms with van der Waals surface area (Å²) in [5.41, 5.74) is 0.831. The minimum absolute atomic E-state index is 0.0913. The van der Waals surface area contributed by atoms with Crippen LogP contribution in [0.1, 0.15) is 31.7 Å². The predicted molar refractivity (Wildman–Crippen MR) is 79.4 cm³/mol. The highest BCUT2D eigenvalue weighted by Crippen LogP contribution is 2.21. The lowest BCUT2D eigenvalue weighted by Gasteiger charge is -2.31. The van der Waals surface area contributed by atoms with Crippen molar-refractivity contribution in [1.82, 2.24) is 4.31 Å². The van der Waals surface area contributed by atoms with Crippen molar-refractivity contribution in [2.24, 2.45) is 0 Å². The first kappa shape index (κ1) is 14.6. The van der Waals surface area contributed by atoms with Crippen LogP contribution in [0.15, 0.2) is 29.7 Å². The van der Waals surface area contributed by atoms with Crippen LogP contribution >= 0.6 is 11.6 Å². The molecule has 0 saturated carbocycles.